The number of benzene rings is 2. The Bertz CT molecular complexity index is 1480. The minimum absolute atomic E-state index is 0.0455. The van der Waals surface area contributed by atoms with Crippen LogP contribution in [-0.2, 0) is 11.8 Å². The van der Waals surface area contributed by atoms with Crippen LogP contribution in [0.15, 0.2) is 41.2 Å². The van der Waals surface area contributed by atoms with Crippen LogP contribution in [0.5, 0.6) is 0 Å². The minimum atomic E-state index is -0.256. The number of carbonyl (C=O) groups excluding carboxylic acids is 1. The molecule has 4 aromatic rings. The SMILES string of the molecule is CC(=O)C1CC=C(c2nc3ccc4nc(Nc5c(Cl)cccc5Cl)n(C)c4c3c(=O)[nH]2)C1. The molecule has 0 amide bonds. The van der Waals surface area contributed by atoms with Gasteiger partial charge in [-0.25, -0.2) is 9.97 Å². The van der Waals surface area contributed by atoms with Gasteiger partial charge in [0.05, 0.1) is 37.7 Å². The summed E-state index contributed by atoms with van der Waals surface area (Å²) < 4.78 is 1.79. The third kappa shape index (κ3) is 3.38. The van der Waals surface area contributed by atoms with Gasteiger partial charge in [0, 0.05) is 13.0 Å². The normalized spacial score (nSPS) is 16.0. The monoisotopic (exact) mass is 467 g/mol. The molecule has 5 rings (SSSR count). The molecule has 0 radical (unpaired) electrons. The summed E-state index contributed by atoms with van der Waals surface area (Å²) in [6, 6.07) is 8.85. The van der Waals surface area contributed by atoms with Gasteiger partial charge in [0.1, 0.15) is 11.6 Å². The van der Waals surface area contributed by atoms with Crippen molar-refractivity contribution in [3.63, 3.8) is 0 Å². The number of nitrogens with one attached hydrogen (secondary N) is 2. The predicted molar refractivity (Wildman–Crippen MR) is 128 cm³/mol. The van der Waals surface area contributed by atoms with E-state index < -0.39 is 0 Å². The number of hydrogen-bond acceptors (Lipinski definition) is 5. The van der Waals surface area contributed by atoms with Crippen LogP contribution in [-0.4, -0.2) is 25.3 Å². The van der Waals surface area contributed by atoms with Crippen LogP contribution in [0.4, 0.5) is 11.6 Å². The first-order valence-corrected chi connectivity index (χ1v) is 10.9. The van der Waals surface area contributed by atoms with E-state index in [2.05, 4.69) is 20.3 Å². The van der Waals surface area contributed by atoms with Gasteiger partial charge in [-0.15, -0.1) is 0 Å². The predicted octanol–water partition coefficient (Wildman–Crippen LogP) is 5.24. The lowest BCUT2D eigenvalue weighted by Gasteiger charge is -2.10. The smallest absolute Gasteiger partial charge is 0.261 e. The minimum Gasteiger partial charge on any atom is -0.323 e. The molecule has 1 aliphatic carbocycles. The summed E-state index contributed by atoms with van der Waals surface area (Å²) >= 11 is 12.6. The largest absolute Gasteiger partial charge is 0.323 e. The molecule has 162 valence electrons. The van der Waals surface area contributed by atoms with E-state index in [1.807, 2.05) is 19.2 Å². The van der Waals surface area contributed by atoms with Crippen LogP contribution in [0.2, 0.25) is 10.0 Å². The first-order chi connectivity index (χ1) is 15.3. The Labute approximate surface area is 193 Å². The number of aromatic nitrogens is 4. The fourth-order valence-corrected chi connectivity index (χ4v) is 4.63. The Morgan fingerprint density at radius 3 is 2.56 bits per heavy atom. The molecule has 0 bridgehead atoms. The maximum absolute atomic E-state index is 13.1. The number of nitrogens with zero attached hydrogens (tertiary/aromatic N) is 3. The average Bonchev–Trinajstić information content (AvgIpc) is 3.36. The van der Waals surface area contributed by atoms with E-state index >= 15 is 0 Å². The van der Waals surface area contributed by atoms with Crippen molar-refractivity contribution >= 4 is 68.1 Å². The molecule has 9 heteroatoms. The zero-order chi connectivity index (χ0) is 22.6. The molecule has 0 fully saturated rings. The molecule has 0 saturated carbocycles. The number of imidazole rings is 1. The third-order valence-electron chi connectivity index (χ3n) is 5.90. The van der Waals surface area contributed by atoms with Crippen LogP contribution in [0.25, 0.3) is 27.5 Å². The lowest BCUT2D eigenvalue weighted by Crippen LogP contribution is -2.13. The molecule has 1 atom stereocenters. The first kappa shape index (κ1) is 20.7. The zero-order valence-electron chi connectivity index (χ0n) is 17.4. The van der Waals surface area contributed by atoms with Gasteiger partial charge in [-0.05, 0) is 49.6 Å². The topological polar surface area (TPSA) is 92.7 Å². The van der Waals surface area contributed by atoms with Gasteiger partial charge in [0.15, 0.2) is 0 Å². The molecule has 2 heterocycles. The van der Waals surface area contributed by atoms with Gasteiger partial charge >= 0.3 is 0 Å². The van der Waals surface area contributed by atoms with Gasteiger partial charge in [-0.2, -0.15) is 0 Å². The highest BCUT2D eigenvalue weighted by Crippen LogP contribution is 2.35. The number of aryl methyl sites for hydroxylation is 1. The number of H-pyrrole nitrogens is 1. The second-order valence-corrected chi connectivity index (χ2v) is 8.75. The van der Waals surface area contributed by atoms with Crippen molar-refractivity contribution in [3.8, 4) is 0 Å². The highest BCUT2D eigenvalue weighted by molar-refractivity contribution is 6.39. The summed E-state index contributed by atoms with van der Waals surface area (Å²) in [4.78, 5) is 37.0. The van der Waals surface area contributed by atoms with E-state index in [9.17, 15) is 9.59 Å². The van der Waals surface area contributed by atoms with Crippen molar-refractivity contribution in [3.05, 3.63) is 62.6 Å². The summed E-state index contributed by atoms with van der Waals surface area (Å²) in [5.41, 5.74) is 3.03. The number of anilines is 2. The van der Waals surface area contributed by atoms with E-state index in [-0.39, 0.29) is 17.3 Å². The molecule has 1 aliphatic rings. The fourth-order valence-electron chi connectivity index (χ4n) is 4.14. The molecule has 0 spiro atoms. The van der Waals surface area contributed by atoms with Gasteiger partial charge in [-0.1, -0.05) is 35.3 Å². The first-order valence-electron chi connectivity index (χ1n) is 10.1. The highest BCUT2D eigenvalue weighted by atomic mass is 35.5. The molecule has 32 heavy (non-hydrogen) atoms. The molecule has 1 unspecified atom stereocenters. The zero-order valence-corrected chi connectivity index (χ0v) is 18.9. The number of allylic oxidation sites excluding steroid dienone is 2. The second kappa shape index (κ2) is 7.76. The Hall–Kier alpha value is -3.16. The van der Waals surface area contributed by atoms with Crippen molar-refractivity contribution in [2.24, 2.45) is 13.0 Å². The Kier molecular flexibility index (Phi) is 5.03. The number of para-hydroxylation sites is 1. The number of fused-ring (bicyclic) bond motifs is 3. The van der Waals surface area contributed by atoms with E-state index in [1.54, 1.807) is 35.8 Å². The summed E-state index contributed by atoms with van der Waals surface area (Å²) in [6.45, 7) is 1.60. The third-order valence-corrected chi connectivity index (χ3v) is 6.53. The Morgan fingerprint density at radius 2 is 1.88 bits per heavy atom. The lowest BCUT2D eigenvalue weighted by molar-refractivity contribution is -0.120. The van der Waals surface area contributed by atoms with Crippen molar-refractivity contribution in [2.45, 2.75) is 19.8 Å². The molecule has 2 aromatic heterocycles. The quantitative estimate of drug-likeness (QED) is 0.427. The molecule has 2 N–H and O–H groups in total. The van der Waals surface area contributed by atoms with Gasteiger partial charge in [0.25, 0.3) is 5.56 Å². The van der Waals surface area contributed by atoms with E-state index in [0.717, 1.165) is 5.57 Å². The Morgan fingerprint density at radius 1 is 1.16 bits per heavy atom. The number of rotatable bonds is 4. The highest BCUT2D eigenvalue weighted by Gasteiger charge is 2.24. The second-order valence-electron chi connectivity index (χ2n) is 7.93. The molecule has 2 aromatic carbocycles. The number of aromatic amines is 1. The average molecular weight is 468 g/mol. The van der Waals surface area contributed by atoms with Crippen LogP contribution >= 0.6 is 23.2 Å². The number of carbonyl (C=O) groups is 1. The van der Waals surface area contributed by atoms with Crippen LogP contribution in [0.1, 0.15) is 25.6 Å². The van der Waals surface area contributed by atoms with Crippen molar-refractivity contribution in [1.29, 1.82) is 0 Å². The maximum Gasteiger partial charge on any atom is 0.261 e. The maximum atomic E-state index is 13.1. The van der Waals surface area contributed by atoms with Crippen molar-refractivity contribution in [1.82, 2.24) is 19.5 Å². The van der Waals surface area contributed by atoms with Crippen molar-refractivity contribution in [2.75, 3.05) is 5.32 Å². The fraction of sp³-hybridized carbons (Fsp3) is 0.217. The summed E-state index contributed by atoms with van der Waals surface area (Å²) in [5.74, 6) is 1.10. The van der Waals surface area contributed by atoms with Crippen LogP contribution < -0.4 is 10.9 Å². The summed E-state index contributed by atoms with van der Waals surface area (Å²) in [6.07, 6.45) is 3.24. The molecule has 0 saturated heterocycles. The van der Waals surface area contributed by atoms with Crippen LogP contribution in [0, 0.1) is 5.92 Å². The van der Waals surface area contributed by atoms with Gasteiger partial charge in [0.2, 0.25) is 5.95 Å². The number of ketones is 1. The molecule has 0 aliphatic heterocycles. The molecular formula is C23H19Cl2N5O2. The summed E-state index contributed by atoms with van der Waals surface area (Å²) in [7, 11) is 1.81. The number of Topliss-reactive ketones (excluding diaryl/α,β-unsaturated/α-hetero) is 1. The van der Waals surface area contributed by atoms with Gasteiger partial charge in [-0.3, -0.25) is 9.59 Å². The van der Waals surface area contributed by atoms with Crippen LogP contribution in [0.3, 0.4) is 0 Å². The van der Waals surface area contributed by atoms with E-state index in [0.29, 0.717) is 62.3 Å². The molecular weight excluding hydrogens is 449 g/mol. The lowest BCUT2D eigenvalue weighted by atomic mass is 10.0. The van der Waals surface area contributed by atoms with E-state index in [4.69, 9.17) is 23.2 Å². The van der Waals surface area contributed by atoms with E-state index in [1.165, 1.54) is 0 Å². The Balaban J connectivity index is 1.61. The molecule has 7 nitrogen and oxygen atoms in total. The summed E-state index contributed by atoms with van der Waals surface area (Å²) in [5, 5.41) is 4.54. The van der Waals surface area contributed by atoms with Crippen molar-refractivity contribution < 1.29 is 4.79 Å². The number of hydrogen-bond donors (Lipinski definition) is 2. The standard InChI is InChI=1S/C23H19Cl2N5O2/c1-11(31)12-6-7-13(10-12)21-26-16-8-9-17-20(18(16)22(32)29-21)30(2)23(27-17)28-19-14(24)4-3-5-15(19)25/h3-5,7-9,12H,6,10H2,1-2H3,(H,27,28)(H,26,29,32). The van der Waals surface area contributed by atoms with Gasteiger partial charge < -0.3 is 14.9 Å². The number of halogens is 2.